The lowest BCUT2D eigenvalue weighted by atomic mass is 9.87. The van der Waals surface area contributed by atoms with Gasteiger partial charge in [0.2, 0.25) is 0 Å². The summed E-state index contributed by atoms with van der Waals surface area (Å²) in [6, 6.07) is 15.3. The van der Waals surface area contributed by atoms with Crippen LogP contribution in [0.2, 0.25) is 10.0 Å². The van der Waals surface area contributed by atoms with E-state index in [0.717, 1.165) is 59.4 Å². The molecule has 0 bridgehead atoms. The van der Waals surface area contributed by atoms with Crippen molar-refractivity contribution in [2.75, 3.05) is 0 Å². The molecule has 0 atom stereocenters. The molecule has 7 heteroatoms. The van der Waals surface area contributed by atoms with Gasteiger partial charge in [-0.15, -0.1) is 0 Å². The largest absolute Gasteiger partial charge is 0.320 e. The summed E-state index contributed by atoms with van der Waals surface area (Å²) in [6.45, 7) is 0. The van der Waals surface area contributed by atoms with Crippen LogP contribution in [0.5, 0.6) is 0 Å². The van der Waals surface area contributed by atoms with Gasteiger partial charge in [0, 0.05) is 10.6 Å². The van der Waals surface area contributed by atoms with Crippen molar-refractivity contribution in [3.8, 4) is 16.9 Å². The molecule has 0 radical (unpaired) electrons. The molecule has 0 aliphatic heterocycles. The second kappa shape index (κ2) is 8.23. The van der Waals surface area contributed by atoms with Crippen LogP contribution < -0.4 is 5.73 Å². The molecule has 2 aromatic heterocycles. The molecule has 5 rings (SSSR count). The van der Waals surface area contributed by atoms with E-state index < -0.39 is 5.54 Å². The highest BCUT2D eigenvalue weighted by atomic mass is 35.5. The fraction of sp³-hybridized carbons (Fsp3) is 0.292. The van der Waals surface area contributed by atoms with Crippen molar-refractivity contribution in [1.82, 2.24) is 19.7 Å². The van der Waals surface area contributed by atoms with Crippen LogP contribution in [0, 0.1) is 0 Å². The summed E-state index contributed by atoms with van der Waals surface area (Å²) in [5.74, 6) is 0. The molecule has 2 aromatic carbocycles. The van der Waals surface area contributed by atoms with Crippen LogP contribution >= 0.6 is 23.2 Å². The number of fused-ring (bicyclic) bond motifs is 1. The topological polar surface area (TPSA) is 69.6 Å². The summed E-state index contributed by atoms with van der Waals surface area (Å²) in [5.41, 5.74) is 11.3. The molecule has 1 aliphatic rings. The quantitative estimate of drug-likeness (QED) is 0.371. The highest BCUT2D eigenvalue weighted by Crippen LogP contribution is 2.39. The van der Waals surface area contributed by atoms with Crippen molar-refractivity contribution in [3.05, 3.63) is 70.6 Å². The van der Waals surface area contributed by atoms with Crippen molar-refractivity contribution in [2.24, 2.45) is 5.73 Å². The van der Waals surface area contributed by atoms with E-state index in [1.807, 2.05) is 53.2 Å². The van der Waals surface area contributed by atoms with Gasteiger partial charge in [0.15, 0.2) is 0 Å². The van der Waals surface area contributed by atoms with E-state index in [-0.39, 0.29) is 0 Å². The molecule has 0 saturated heterocycles. The van der Waals surface area contributed by atoms with Crippen molar-refractivity contribution < 1.29 is 0 Å². The predicted octanol–water partition coefficient (Wildman–Crippen LogP) is 6.30. The highest BCUT2D eigenvalue weighted by Gasteiger charge is 2.34. The Hall–Kier alpha value is -2.47. The first-order valence-electron chi connectivity index (χ1n) is 10.6. The smallest absolute Gasteiger partial charge is 0.135 e. The zero-order valence-electron chi connectivity index (χ0n) is 17.1. The fourth-order valence-electron chi connectivity index (χ4n) is 4.52. The third-order valence-electron chi connectivity index (χ3n) is 6.12. The van der Waals surface area contributed by atoms with Crippen LogP contribution in [0.25, 0.3) is 28.0 Å². The molecule has 2 heterocycles. The van der Waals surface area contributed by atoms with Crippen LogP contribution in [0.1, 0.15) is 44.2 Å². The third-order valence-corrected chi connectivity index (χ3v) is 6.70. The summed E-state index contributed by atoms with van der Waals surface area (Å²) in [5, 5.41) is 6.27. The maximum atomic E-state index is 6.95. The van der Waals surface area contributed by atoms with Crippen LogP contribution in [-0.4, -0.2) is 19.7 Å². The maximum Gasteiger partial charge on any atom is 0.135 e. The van der Waals surface area contributed by atoms with Gasteiger partial charge >= 0.3 is 0 Å². The number of halogens is 2. The molecule has 158 valence electrons. The van der Waals surface area contributed by atoms with E-state index in [0.29, 0.717) is 10.0 Å². The molecule has 4 aromatic rings. The molecule has 31 heavy (non-hydrogen) atoms. The Morgan fingerprint density at radius 2 is 1.55 bits per heavy atom. The Kier molecular flexibility index (Phi) is 5.42. The van der Waals surface area contributed by atoms with Crippen molar-refractivity contribution in [2.45, 2.75) is 44.1 Å². The SMILES string of the molecule is NC1(c2ncnc3c(-c4ccc(Cl)cc4)n(-c4ccccc4Cl)nc23)CCCCCC1. The number of aromatic nitrogens is 4. The first kappa shape index (κ1) is 20.4. The van der Waals surface area contributed by atoms with E-state index in [9.17, 15) is 0 Å². The van der Waals surface area contributed by atoms with Crippen molar-refractivity contribution in [1.29, 1.82) is 0 Å². The standard InChI is InChI=1S/C24H23Cl2N5/c25-17-11-9-16(10-12-17)22-20-21(30-31(22)19-8-4-3-7-18(19)26)23(29-15-28-20)24(27)13-5-1-2-6-14-24/h3-4,7-12,15H,1-2,5-6,13-14,27H2. The number of hydrogen-bond donors (Lipinski definition) is 1. The van der Waals surface area contributed by atoms with E-state index in [1.165, 1.54) is 12.8 Å². The lowest BCUT2D eigenvalue weighted by Gasteiger charge is -2.27. The van der Waals surface area contributed by atoms with Crippen molar-refractivity contribution >= 4 is 34.2 Å². The van der Waals surface area contributed by atoms with Gasteiger partial charge in [-0.05, 0) is 37.1 Å². The number of hydrogen-bond acceptors (Lipinski definition) is 4. The lowest BCUT2D eigenvalue weighted by molar-refractivity contribution is 0.377. The molecule has 1 saturated carbocycles. The van der Waals surface area contributed by atoms with E-state index in [4.69, 9.17) is 34.0 Å². The minimum Gasteiger partial charge on any atom is -0.320 e. The predicted molar refractivity (Wildman–Crippen MR) is 126 cm³/mol. The average Bonchev–Trinajstić information content (AvgIpc) is 3.02. The van der Waals surface area contributed by atoms with Gasteiger partial charge in [-0.1, -0.05) is 73.2 Å². The minimum absolute atomic E-state index is 0.505. The normalized spacial score (nSPS) is 16.4. The molecular formula is C24H23Cl2N5. The molecule has 1 aliphatic carbocycles. The molecule has 0 unspecified atom stereocenters. The second-order valence-corrected chi connectivity index (χ2v) is 9.05. The summed E-state index contributed by atoms with van der Waals surface area (Å²) in [6.07, 6.45) is 8.00. The van der Waals surface area contributed by atoms with Crippen LogP contribution in [0.4, 0.5) is 0 Å². The van der Waals surface area contributed by atoms with E-state index in [1.54, 1.807) is 6.33 Å². The highest BCUT2D eigenvalue weighted by molar-refractivity contribution is 6.32. The zero-order chi connectivity index (χ0) is 21.4. The first-order valence-corrected chi connectivity index (χ1v) is 11.4. The summed E-state index contributed by atoms with van der Waals surface area (Å²) < 4.78 is 1.86. The van der Waals surface area contributed by atoms with Gasteiger partial charge in [0.1, 0.15) is 23.1 Å². The van der Waals surface area contributed by atoms with E-state index in [2.05, 4.69) is 9.97 Å². The van der Waals surface area contributed by atoms with Gasteiger partial charge in [0.25, 0.3) is 0 Å². The molecule has 1 fully saturated rings. The lowest BCUT2D eigenvalue weighted by Crippen LogP contribution is -2.37. The van der Waals surface area contributed by atoms with Crippen molar-refractivity contribution in [3.63, 3.8) is 0 Å². The van der Waals surface area contributed by atoms with Crippen LogP contribution in [-0.2, 0) is 5.54 Å². The Morgan fingerprint density at radius 1 is 0.839 bits per heavy atom. The Morgan fingerprint density at radius 3 is 2.26 bits per heavy atom. The van der Waals surface area contributed by atoms with Gasteiger partial charge < -0.3 is 5.73 Å². The number of para-hydroxylation sites is 1. The minimum atomic E-state index is -0.505. The average molecular weight is 452 g/mol. The Bertz CT molecular complexity index is 1220. The van der Waals surface area contributed by atoms with Crippen LogP contribution in [0.15, 0.2) is 54.9 Å². The molecule has 0 spiro atoms. The summed E-state index contributed by atoms with van der Waals surface area (Å²) in [7, 11) is 0. The maximum absolute atomic E-state index is 6.95. The number of nitrogens with two attached hydrogens (primary N) is 1. The van der Waals surface area contributed by atoms with Gasteiger partial charge in [-0.25, -0.2) is 14.6 Å². The number of nitrogens with zero attached hydrogens (tertiary/aromatic N) is 4. The van der Waals surface area contributed by atoms with Gasteiger partial charge in [-0.3, -0.25) is 0 Å². The third kappa shape index (κ3) is 3.71. The van der Waals surface area contributed by atoms with Gasteiger partial charge in [0.05, 0.1) is 21.9 Å². The number of benzene rings is 2. The van der Waals surface area contributed by atoms with Gasteiger partial charge in [-0.2, -0.15) is 5.10 Å². The fourth-order valence-corrected chi connectivity index (χ4v) is 4.86. The molecule has 5 nitrogen and oxygen atoms in total. The first-order chi connectivity index (χ1) is 15.1. The molecule has 2 N–H and O–H groups in total. The monoisotopic (exact) mass is 451 g/mol. The molecular weight excluding hydrogens is 429 g/mol. The molecule has 0 amide bonds. The van der Waals surface area contributed by atoms with Crippen LogP contribution in [0.3, 0.4) is 0 Å². The Balaban J connectivity index is 1.80. The zero-order valence-corrected chi connectivity index (χ0v) is 18.6. The van der Waals surface area contributed by atoms with E-state index >= 15 is 0 Å². The Labute approximate surface area is 191 Å². The summed E-state index contributed by atoms with van der Waals surface area (Å²) >= 11 is 12.7. The number of rotatable bonds is 3. The summed E-state index contributed by atoms with van der Waals surface area (Å²) in [4.78, 5) is 9.30. The second-order valence-electron chi connectivity index (χ2n) is 8.21.